The van der Waals surface area contributed by atoms with Crippen molar-refractivity contribution in [1.29, 1.82) is 0 Å². The van der Waals surface area contributed by atoms with E-state index in [1.54, 1.807) is 0 Å². The van der Waals surface area contributed by atoms with Crippen molar-refractivity contribution < 1.29 is 4.79 Å². The monoisotopic (exact) mass is 256 g/mol. The third-order valence-electron chi connectivity index (χ3n) is 2.60. The number of hydrogen-bond acceptors (Lipinski definition) is 2. The fraction of sp³-hybridized carbons (Fsp3) is 0.462. The average Bonchev–Trinajstić information content (AvgIpc) is 2.26. The maximum Gasteiger partial charge on any atom is 0.216 e. The van der Waals surface area contributed by atoms with Gasteiger partial charge in [0.1, 0.15) is 0 Å². The molecule has 0 heterocycles. The zero-order valence-electron chi connectivity index (χ0n) is 10.6. The summed E-state index contributed by atoms with van der Waals surface area (Å²) >= 11 is 0. The van der Waals surface area contributed by atoms with Crippen LogP contribution in [0.2, 0.25) is 0 Å². The Balaban J connectivity index is 0.00000256. The highest BCUT2D eigenvalue weighted by Crippen LogP contribution is 2.17. The van der Waals surface area contributed by atoms with Crippen LogP contribution < -0.4 is 11.1 Å². The van der Waals surface area contributed by atoms with Crippen molar-refractivity contribution in [2.75, 3.05) is 6.54 Å². The molecule has 1 atom stereocenters. The second-order valence-electron chi connectivity index (χ2n) is 4.36. The average molecular weight is 257 g/mol. The van der Waals surface area contributed by atoms with Crippen LogP contribution in [-0.2, 0) is 4.79 Å². The number of amides is 1. The summed E-state index contributed by atoms with van der Waals surface area (Å²) < 4.78 is 0. The molecule has 1 aromatic carbocycles. The fourth-order valence-electron chi connectivity index (χ4n) is 1.50. The number of carbonyl (C=O) groups excluding carboxylic acids is 1. The molecule has 0 bridgehead atoms. The normalized spacial score (nSPS) is 11.8. The highest BCUT2D eigenvalue weighted by Gasteiger charge is 2.07. The van der Waals surface area contributed by atoms with Gasteiger partial charge in [-0.05, 0) is 17.0 Å². The standard InChI is InChI=1S/C13H20N2O.ClH/c1-9(2)11-4-6-12(7-5-11)13(14)8-15-10(3)16;/h4-7,9,13H,8,14H2,1-3H3,(H,15,16);1H. The molecule has 0 radical (unpaired) electrons. The van der Waals surface area contributed by atoms with Gasteiger partial charge in [-0.3, -0.25) is 4.79 Å². The molecular weight excluding hydrogens is 236 g/mol. The lowest BCUT2D eigenvalue weighted by Gasteiger charge is -2.13. The lowest BCUT2D eigenvalue weighted by Crippen LogP contribution is -2.30. The first kappa shape index (κ1) is 15.9. The summed E-state index contributed by atoms with van der Waals surface area (Å²) in [6, 6.07) is 8.11. The van der Waals surface area contributed by atoms with Crippen LogP contribution in [0.5, 0.6) is 0 Å². The molecule has 1 amide bonds. The molecule has 1 rings (SSSR count). The molecule has 3 nitrogen and oxygen atoms in total. The quantitative estimate of drug-likeness (QED) is 0.869. The van der Waals surface area contributed by atoms with E-state index in [0.29, 0.717) is 12.5 Å². The topological polar surface area (TPSA) is 55.1 Å². The van der Waals surface area contributed by atoms with E-state index in [1.807, 2.05) is 12.1 Å². The zero-order valence-corrected chi connectivity index (χ0v) is 11.4. The van der Waals surface area contributed by atoms with Gasteiger partial charge in [-0.15, -0.1) is 12.4 Å². The van der Waals surface area contributed by atoms with Crippen molar-refractivity contribution in [3.8, 4) is 0 Å². The Morgan fingerprint density at radius 1 is 1.24 bits per heavy atom. The summed E-state index contributed by atoms with van der Waals surface area (Å²) in [6.45, 7) is 6.30. The number of nitrogens with one attached hydrogen (secondary N) is 1. The maximum atomic E-state index is 10.8. The van der Waals surface area contributed by atoms with Crippen molar-refractivity contribution in [2.24, 2.45) is 5.73 Å². The van der Waals surface area contributed by atoms with E-state index >= 15 is 0 Å². The Labute approximate surface area is 109 Å². The van der Waals surface area contributed by atoms with Crippen molar-refractivity contribution >= 4 is 18.3 Å². The number of benzene rings is 1. The molecule has 3 N–H and O–H groups in total. The van der Waals surface area contributed by atoms with Gasteiger partial charge in [0.05, 0.1) is 0 Å². The van der Waals surface area contributed by atoms with Gasteiger partial charge in [0.25, 0.3) is 0 Å². The molecule has 0 saturated heterocycles. The summed E-state index contributed by atoms with van der Waals surface area (Å²) in [5, 5.41) is 2.72. The molecule has 4 heteroatoms. The van der Waals surface area contributed by atoms with Gasteiger partial charge in [-0.2, -0.15) is 0 Å². The van der Waals surface area contributed by atoms with Crippen molar-refractivity contribution in [2.45, 2.75) is 32.7 Å². The Kier molecular flexibility index (Phi) is 6.85. The number of carbonyl (C=O) groups is 1. The maximum absolute atomic E-state index is 10.8. The first-order valence-electron chi connectivity index (χ1n) is 5.60. The molecule has 1 unspecified atom stereocenters. The van der Waals surface area contributed by atoms with Crippen LogP contribution in [0.1, 0.15) is 43.9 Å². The van der Waals surface area contributed by atoms with Crippen LogP contribution in [0.4, 0.5) is 0 Å². The van der Waals surface area contributed by atoms with Gasteiger partial charge < -0.3 is 11.1 Å². The molecule has 0 spiro atoms. The fourth-order valence-corrected chi connectivity index (χ4v) is 1.50. The minimum absolute atomic E-state index is 0. The number of rotatable bonds is 4. The van der Waals surface area contributed by atoms with Crippen LogP contribution in [0.25, 0.3) is 0 Å². The van der Waals surface area contributed by atoms with Crippen molar-refractivity contribution in [1.82, 2.24) is 5.32 Å². The Bertz CT molecular complexity index is 349. The highest BCUT2D eigenvalue weighted by molar-refractivity contribution is 5.85. The minimum Gasteiger partial charge on any atom is -0.354 e. The molecule has 0 aliphatic heterocycles. The number of halogens is 1. The van der Waals surface area contributed by atoms with E-state index in [0.717, 1.165) is 5.56 Å². The van der Waals surface area contributed by atoms with Gasteiger partial charge in [-0.1, -0.05) is 38.1 Å². The summed E-state index contributed by atoms with van der Waals surface area (Å²) in [6.07, 6.45) is 0. The van der Waals surface area contributed by atoms with Crippen molar-refractivity contribution in [3.63, 3.8) is 0 Å². The van der Waals surface area contributed by atoms with Gasteiger partial charge >= 0.3 is 0 Å². The second kappa shape index (κ2) is 7.30. The van der Waals surface area contributed by atoms with Crippen LogP contribution in [-0.4, -0.2) is 12.5 Å². The minimum atomic E-state index is -0.134. The largest absolute Gasteiger partial charge is 0.354 e. The lowest BCUT2D eigenvalue weighted by molar-refractivity contribution is -0.119. The van der Waals surface area contributed by atoms with E-state index in [4.69, 9.17) is 5.73 Å². The molecule has 0 aliphatic carbocycles. The third-order valence-corrected chi connectivity index (χ3v) is 2.60. The van der Waals surface area contributed by atoms with E-state index in [-0.39, 0.29) is 24.4 Å². The van der Waals surface area contributed by atoms with Crippen molar-refractivity contribution in [3.05, 3.63) is 35.4 Å². The van der Waals surface area contributed by atoms with Crippen LogP contribution in [0, 0.1) is 0 Å². The highest BCUT2D eigenvalue weighted by atomic mass is 35.5. The SMILES string of the molecule is CC(=O)NCC(N)c1ccc(C(C)C)cc1.Cl. The smallest absolute Gasteiger partial charge is 0.216 e. The van der Waals surface area contributed by atoms with E-state index in [9.17, 15) is 4.79 Å². The second-order valence-corrected chi connectivity index (χ2v) is 4.36. The Hall–Kier alpha value is -1.06. The molecule has 96 valence electrons. The van der Waals surface area contributed by atoms with Crippen LogP contribution in [0.15, 0.2) is 24.3 Å². The van der Waals surface area contributed by atoms with Crippen LogP contribution in [0.3, 0.4) is 0 Å². The predicted octanol–water partition coefficient (Wildman–Crippen LogP) is 2.37. The summed E-state index contributed by atoms with van der Waals surface area (Å²) in [4.78, 5) is 10.8. The van der Waals surface area contributed by atoms with E-state index in [2.05, 4.69) is 31.3 Å². The molecule has 0 fully saturated rings. The van der Waals surface area contributed by atoms with E-state index in [1.165, 1.54) is 12.5 Å². The molecular formula is C13H21ClN2O. The molecule has 0 aromatic heterocycles. The number of nitrogens with two attached hydrogens (primary N) is 1. The summed E-state index contributed by atoms with van der Waals surface area (Å²) in [7, 11) is 0. The van der Waals surface area contributed by atoms with E-state index < -0.39 is 0 Å². The zero-order chi connectivity index (χ0) is 12.1. The van der Waals surface area contributed by atoms with Gasteiger partial charge in [-0.25, -0.2) is 0 Å². The Morgan fingerprint density at radius 2 is 1.71 bits per heavy atom. The van der Waals surface area contributed by atoms with Gasteiger partial charge in [0, 0.05) is 19.5 Å². The van der Waals surface area contributed by atoms with Gasteiger partial charge in [0.15, 0.2) is 0 Å². The predicted molar refractivity (Wildman–Crippen MR) is 73.4 cm³/mol. The molecule has 17 heavy (non-hydrogen) atoms. The third kappa shape index (κ3) is 5.20. The first-order valence-corrected chi connectivity index (χ1v) is 5.60. The van der Waals surface area contributed by atoms with Gasteiger partial charge in [0.2, 0.25) is 5.91 Å². The molecule has 0 saturated carbocycles. The summed E-state index contributed by atoms with van der Waals surface area (Å²) in [5.74, 6) is 0.481. The first-order chi connectivity index (χ1) is 7.50. The number of hydrogen-bond donors (Lipinski definition) is 2. The Morgan fingerprint density at radius 3 is 2.12 bits per heavy atom. The molecule has 0 aliphatic rings. The summed E-state index contributed by atoms with van der Waals surface area (Å²) in [5.41, 5.74) is 8.31. The molecule has 1 aromatic rings. The lowest BCUT2D eigenvalue weighted by atomic mass is 9.99. The van der Waals surface area contributed by atoms with Crippen LogP contribution >= 0.6 is 12.4 Å².